The highest BCUT2D eigenvalue weighted by molar-refractivity contribution is 5.55. The van der Waals surface area contributed by atoms with Crippen LogP contribution in [0.2, 0.25) is 0 Å². The molecule has 3 N–H and O–H groups in total. The summed E-state index contributed by atoms with van der Waals surface area (Å²) >= 11 is 0. The van der Waals surface area contributed by atoms with Gasteiger partial charge in [-0.3, -0.25) is 0 Å². The van der Waals surface area contributed by atoms with Crippen LogP contribution in [-0.4, -0.2) is 14.5 Å². The smallest absolute Gasteiger partial charge is 0.140 e. The minimum Gasteiger partial charge on any atom is -0.327 e. The van der Waals surface area contributed by atoms with Crippen molar-refractivity contribution < 1.29 is 0 Å². The molecule has 2 heterocycles. The molecule has 20 heavy (non-hydrogen) atoms. The number of benzene rings is 1. The summed E-state index contributed by atoms with van der Waals surface area (Å²) in [7, 11) is 0. The predicted molar refractivity (Wildman–Crippen MR) is 78.8 cm³/mol. The Morgan fingerprint density at radius 1 is 1.05 bits per heavy atom. The molecule has 0 saturated carbocycles. The fraction of sp³-hybridized carbons (Fsp3) is 0.0667. The maximum Gasteiger partial charge on any atom is 0.140 e. The summed E-state index contributed by atoms with van der Waals surface area (Å²) in [5, 5.41) is 0. The topological polar surface area (TPSA) is 68.8 Å². The molecule has 0 saturated heterocycles. The van der Waals surface area contributed by atoms with Gasteiger partial charge in [0.25, 0.3) is 0 Å². The highest BCUT2D eigenvalue weighted by atomic mass is 15.2. The van der Waals surface area contributed by atoms with E-state index in [-0.39, 0.29) is 0 Å². The number of nitrogen functional groups attached to an aromatic ring is 1. The molecule has 100 valence electrons. The number of aromatic nitrogens is 3. The lowest BCUT2D eigenvalue weighted by molar-refractivity contribution is 0.803. The molecule has 3 rings (SSSR count). The number of rotatable bonds is 4. The minimum absolute atomic E-state index is 0.655. The number of hydrogen-bond donors (Lipinski definition) is 2. The summed E-state index contributed by atoms with van der Waals surface area (Å²) in [6, 6.07) is 14.0. The van der Waals surface area contributed by atoms with Crippen molar-refractivity contribution in [2.75, 3.05) is 5.43 Å². The molecule has 2 aromatic heterocycles. The molecular formula is C15H15N5. The van der Waals surface area contributed by atoms with Crippen molar-refractivity contribution in [1.82, 2.24) is 14.5 Å². The van der Waals surface area contributed by atoms with Gasteiger partial charge in [0.1, 0.15) is 11.6 Å². The zero-order chi connectivity index (χ0) is 13.8. The highest BCUT2D eigenvalue weighted by Crippen LogP contribution is 2.18. The molecule has 0 bridgehead atoms. The zero-order valence-electron chi connectivity index (χ0n) is 10.9. The summed E-state index contributed by atoms with van der Waals surface area (Å²) in [6.07, 6.45) is 5.59. The summed E-state index contributed by atoms with van der Waals surface area (Å²) in [4.78, 5) is 8.64. The van der Waals surface area contributed by atoms with Gasteiger partial charge in [0.15, 0.2) is 0 Å². The van der Waals surface area contributed by atoms with E-state index in [0.29, 0.717) is 5.82 Å². The SMILES string of the molecule is NNc1ccc(Cn2ccnc2-c2ccccc2)cn1. The third kappa shape index (κ3) is 2.53. The van der Waals surface area contributed by atoms with Crippen molar-refractivity contribution >= 4 is 5.82 Å². The zero-order valence-corrected chi connectivity index (χ0v) is 10.9. The average molecular weight is 265 g/mol. The molecule has 1 aromatic carbocycles. The Kier molecular flexibility index (Phi) is 3.43. The van der Waals surface area contributed by atoms with Crippen LogP contribution >= 0.6 is 0 Å². The van der Waals surface area contributed by atoms with E-state index in [1.807, 2.05) is 48.9 Å². The monoisotopic (exact) mass is 265 g/mol. The maximum absolute atomic E-state index is 5.31. The van der Waals surface area contributed by atoms with E-state index in [4.69, 9.17) is 5.84 Å². The number of nitrogens with two attached hydrogens (primary N) is 1. The molecule has 0 spiro atoms. The molecule has 3 aromatic rings. The largest absolute Gasteiger partial charge is 0.327 e. The number of nitrogens with one attached hydrogen (secondary N) is 1. The second-order valence-corrected chi connectivity index (χ2v) is 4.44. The molecule has 0 aliphatic rings. The van der Waals surface area contributed by atoms with E-state index in [0.717, 1.165) is 23.5 Å². The molecule has 0 aliphatic heterocycles. The lowest BCUT2D eigenvalue weighted by atomic mass is 10.2. The normalized spacial score (nSPS) is 10.4. The maximum atomic E-state index is 5.31. The van der Waals surface area contributed by atoms with Crippen LogP contribution in [-0.2, 0) is 6.54 Å². The lowest BCUT2D eigenvalue weighted by Gasteiger charge is -2.08. The molecule has 0 amide bonds. The van der Waals surface area contributed by atoms with Crippen molar-refractivity contribution in [3.8, 4) is 11.4 Å². The van der Waals surface area contributed by atoms with E-state index < -0.39 is 0 Å². The summed E-state index contributed by atoms with van der Waals surface area (Å²) in [6.45, 7) is 0.724. The number of hydrogen-bond acceptors (Lipinski definition) is 4. The average Bonchev–Trinajstić information content (AvgIpc) is 2.97. The third-order valence-electron chi connectivity index (χ3n) is 3.07. The van der Waals surface area contributed by atoms with Crippen molar-refractivity contribution in [1.29, 1.82) is 0 Å². The van der Waals surface area contributed by atoms with Crippen molar-refractivity contribution in [2.45, 2.75) is 6.54 Å². The van der Waals surface area contributed by atoms with E-state index in [1.165, 1.54) is 0 Å². The Morgan fingerprint density at radius 2 is 1.90 bits per heavy atom. The molecule has 0 atom stereocenters. The van der Waals surface area contributed by atoms with Gasteiger partial charge in [-0.25, -0.2) is 15.8 Å². The van der Waals surface area contributed by atoms with Gasteiger partial charge in [0.2, 0.25) is 0 Å². The van der Waals surface area contributed by atoms with Gasteiger partial charge < -0.3 is 9.99 Å². The number of imidazole rings is 1. The minimum atomic E-state index is 0.655. The fourth-order valence-electron chi connectivity index (χ4n) is 2.08. The lowest BCUT2D eigenvalue weighted by Crippen LogP contribution is -2.08. The van der Waals surface area contributed by atoms with Crippen LogP contribution < -0.4 is 11.3 Å². The standard InChI is InChI=1S/C15H15N5/c16-19-14-7-6-12(10-18-14)11-20-9-8-17-15(20)13-4-2-1-3-5-13/h1-10H,11,16H2,(H,18,19). The van der Waals surface area contributed by atoms with E-state index >= 15 is 0 Å². The molecule has 0 fully saturated rings. The van der Waals surface area contributed by atoms with Crippen molar-refractivity contribution in [2.24, 2.45) is 5.84 Å². The predicted octanol–water partition coefficient (Wildman–Crippen LogP) is 2.28. The quantitative estimate of drug-likeness (QED) is 0.561. The van der Waals surface area contributed by atoms with E-state index in [2.05, 4.69) is 32.1 Å². The van der Waals surface area contributed by atoms with E-state index in [1.54, 1.807) is 0 Å². The van der Waals surface area contributed by atoms with Crippen LogP contribution in [0.3, 0.4) is 0 Å². The van der Waals surface area contributed by atoms with Gasteiger partial charge in [-0.15, -0.1) is 0 Å². The Labute approximate surface area is 117 Å². The van der Waals surface area contributed by atoms with Crippen molar-refractivity contribution in [3.63, 3.8) is 0 Å². The van der Waals surface area contributed by atoms with Gasteiger partial charge in [0, 0.05) is 24.2 Å². The van der Waals surface area contributed by atoms with Gasteiger partial charge >= 0.3 is 0 Å². The molecule has 0 unspecified atom stereocenters. The Bertz CT molecular complexity index is 673. The fourth-order valence-corrected chi connectivity index (χ4v) is 2.08. The van der Waals surface area contributed by atoms with E-state index in [9.17, 15) is 0 Å². The molecule has 0 aliphatic carbocycles. The van der Waals surface area contributed by atoms with Gasteiger partial charge in [-0.1, -0.05) is 36.4 Å². The molecular weight excluding hydrogens is 250 g/mol. The third-order valence-corrected chi connectivity index (χ3v) is 3.07. The number of hydrazine groups is 1. The summed E-state index contributed by atoms with van der Waals surface area (Å²) in [5.41, 5.74) is 4.72. The van der Waals surface area contributed by atoms with Gasteiger partial charge in [0.05, 0.1) is 6.54 Å². The first-order chi connectivity index (χ1) is 9.86. The van der Waals surface area contributed by atoms with Crippen LogP contribution in [0.25, 0.3) is 11.4 Å². The van der Waals surface area contributed by atoms with Crippen LogP contribution in [0, 0.1) is 0 Å². The van der Waals surface area contributed by atoms with Crippen LogP contribution in [0.5, 0.6) is 0 Å². The van der Waals surface area contributed by atoms with Crippen LogP contribution in [0.4, 0.5) is 5.82 Å². The Balaban J connectivity index is 1.86. The van der Waals surface area contributed by atoms with Crippen LogP contribution in [0.1, 0.15) is 5.56 Å². The van der Waals surface area contributed by atoms with Crippen LogP contribution in [0.15, 0.2) is 61.1 Å². The van der Waals surface area contributed by atoms with Crippen molar-refractivity contribution in [3.05, 3.63) is 66.6 Å². The Morgan fingerprint density at radius 3 is 2.60 bits per heavy atom. The second-order valence-electron chi connectivity index (χ2n) is 4.44. The van der Waals surface area contributed by atoms with Gasteiger partial charge in [-0.2, -0.15) is 0 Å². The molecule has 5 nitrogen and oxygen atoms in total. The highest BCUT2D eigenvalue weighted by Gasteiger charge is 2.06. The first kappa shape index (κ1) is 12.4. The number of pyridine rings is 1. The van der Waals surface area contributed by atoms with Gasteiger partial charge in [-0.05, 0) is 11.6 Å². The number of anilines is 1. The summed E-state index contributed by atoms with van der Waals surface area (Å²) in [5.74, 6) is 6.91. The number of nitrogens with zero attached hydrogens (tertiary/aromatic N) is 3. The summed E-state index contributed by atoms with van der Waals surface area (Å²) < 4.78 is 2.10. The Hall–Kier alpha value is -2.66. The first-order valence-electron chi connectivity index (χ1n) is 6.35. The molecule has 5 heteroatoms. The molecule has 0 radical (unpaired) electrons. The second kappa shape index (κ2) is 5.54. The first-order valence-corrected chi connectivity index (χ1v) is 6.35.